The lowest BCUT2D eigenvalue weighted by Gasteiger charge is -2.18. The third-order valence-corrected chi connectivity index (χ3v) is 6.24. The van der Waals surface area contributed by atoms with Crippen LogP contribution in [0.25, 0.3) is 0 Å². The summed E-state index contributed by atoms with van der Waals surface area (Å²) in [6.07, 6.45) is 11.4. The predicted octanol–water partition coefficient (Wildman–Crippen LogP) is 0.421. The van der Waals surface area contributed by atoms with Crippen LogP contribution in [0.4, 0.5) is 0 Å². The van der Waals surface area contributed by atoms with Crippen LogP contribution in [-0.4, -0.2) is 64.1 Å². The lowest BCUT2D eigenvalue weighted by Crippen LogP contribution is -2.40. The van der Waals surface area contributed by atoms with Crippen molar-refractivity contribution in [3.8, 4) is 0 Å². The Morgan fingerprint density at radius 1 is 1.00 bits per heavy atom. The maximum atomic E-state index is 12.7. The summed E-state index contributed by atoms with van der Waals surface area (Å²) in [6, 6.07) is 0. The Morgan fingerprint density at radius 2 is 1.62 bits per heavy atom. The van der Waals surface area contributed by atoms with Crippen molar-refractivity contribution >= 4 is 17.8 Å². The minimum Gasteiger partial charge on any atom is -0.356 e. The summed E-state index contributed by atoms with van der Waals surface area (Å²) in [7, 11) is 1.74. The summed E-state index contributed by atoms with van der Waals surface area (Å²) in [5.74, 6) is 1.17. The van der Waals surface area contributed by atoms with E-state index in [0.29, 0.717) is 19.5 Å². The highest BCUT2D eigenvalue weighted by Gasteiger charge is 2.58. The van der Waals surface area contributed by atoms with E-state index in [1.807, 2.05) is 4.57 Å². The molecular weight excluding hydrogens is 370 g/mol. The van der Waals surface area contributed by atoms with Gasteiger partial charge in [-0.15, -0.1) is 10.2 Å². The van der Waals surface area contributed by atoms with Gasteiger partial charge in [0.2, 0.25) is 11.8 Å². The monoisotopic (exact) mass is 399 g/mol. The van der Waals surface area contributed by atoms with E-state index in [-0.39, 0.29) is 35.5 Å². The average Bonchev–Trinajstić information content (AvgIpc) is 3.50. The summed E-state index contributed by atoms with van der Waals surface area (Å²) in [4.78, 5) is 31.0. The first-order chi connectivity index (χ1) is 14.2. The van der Waals surface area contributed by atoms with E-state index < -0.39 is 0 Å². The molecule has 0 aromatic carbocycles. The van der Waals surface area contributed by atoms with E-state index >= 15 is 0 Å². The van der Waals surface area contributed by atoms with Gasteiger partial charge in [-0.3, -0.25) is 19.5 Å². The van der Waals surface area contributed by atoms with Crippen LogP contribution in [0.1, 0.15) is 25.7 Å². The van der Waals surface area contributed by atoms with Gasteiger partial charge in [-0.05, 0) is 37.5 Å². The smallest absolute Gasteiger partial charge is 0.233 e. The van der Waals surface area contributed by atoms with Crippen LogP contribution in [0.2, 0.25) is 0 Å². The standard InChI is InChI=1S/C20H29N7O2/c1-21-20(22-7-2-3-9-26-12-24-25-13-26)23-8-4-10-27-18(28)16-14-5-6-15(11-14)17(16)19(27)29/h5-6,12-17H,2-4,7-11H2,1H3,(H2,21,22,23). The van der Waals surface area contributed by atoms with Crippen LogP contribution in [0.3, 0.4) is 0 Å². The number of hydrogen-bond acceptors (Lipinski definition) is 5. The second-order valence-corrected chi connectivity index (χ2v) is 8.01. The molecule has 1 aromatic rings. The van der Waals surface area contributed by atoms with E-state index in [0.717, 1.165) is 38.3 Å². The van der Waals surface area contributed by atoms with Gasteiger partial charge in [-0.25, -0.2) is 0 Å². The first-order valence-electron chi connectivity index (χ1n) is 10.5. The predicted molar refractivity (Wildman–Crippen MR) is 108 cm³/mol. The van der Waals surface area contributed by atoms with Gasteiger partial charge in [0.05, 0.1) is 11.8 Å². The SMILES string of the molecule is CN=C(NCCCCn1cnnc1)NCCCN1C(=O)C2C3C=CC(C3)C2C1=O. The number of nitrogens with one attached hydrogen (secondary N) is 2. The van der Waals surface area contributed by atoms with E-state index in [4.69, 9.17) is 0 Å². The topological polar surface area (TPSA) is 105 Å². The number of aromatic nitrogens is 3. The molecule has 2 aliphatic carbocycles. The Hall–Kier alpha value is -2.71. The maximum Gasteiger partial charge on any atom is 0.233 e. The Kier molecular flexibility index (Phi) is 5.92. The maximum absolute atomic E-state index is 12.7. The molecule has 0 radical (unpaired) electrons. The number of carbonyl (C=O) groups excluding carboxylic acids is 2. The van der Waals surface area contributed by atoms with Crippen LogP contribution in [0, 0.1) is 23.7 Å². The van der Waals surface area contributed by atoms with Crippen LogP contribution < -0.4 is 10.6 Å². The molecule has 9 nitrogen and oxygen atoms in total. The van der Waals surface area contributed by atoms with Crippen molar-refractivity contribution < 1.29 is 9.59 Å². The van der Waals surface area contributed by atoms with Crippen LogP contribution in [-0.2, 0) is 16.1 Å². The number of aliphatic imine (C=N–C) groups is 1. The van der Waals surface area contributed by atoms with Gasteiger partial charge in [-0.2, -0.15) is 0 Å². The molecule has 1 saturated carbocycles. The zero-order valence-electron chi connectivity index (χ0n) is 16.8. The zero-order valence-corrected chi connectivity index (χ0v) is 16.8. The number of unbranched alkanes of at least 4 members (excludes halogenated alkanes) is 1. The molecule has 2 fully saturated rings. The molecule has 156 valence electrons. The highest BCUT2D eigenvalue weighted by atomic mass is 16.2. The number of carbonyl (C=O) groups is 2. The number of allylic oxidation sites excluding steroid dienone is 2. The lowest BCUT2D eigenvalue weighted by atomic mass is 9.85. The number of hydrogen-bond donors (Lipinski definition) is 2. The molecule has 0 spiro atoms. The first-order valence-corrected chi connectivity index (χ1v) is 10.5. The summed E-state index contributed by atoms with van der Waals surface area (Å²) in [5, 5.41) is 14.1. The number of guanidine groups is 1. The molecule has 4 atom stereocenters. The van der Waals surface area contributed by atoms with Gasteiger partial charge in [0.15, 0.2) is 5.96 Å². The fourth-order valence-electron chi connectivity index (χ4n) is 4.81. The largest absolute Gasteiger partial charge is 0.356 e. The summed E-state index contributed by atoms with van der Waals surface area (Å²) in [5.41, 5.74) is 0. The first kappa shape index (κ1) is 19.6. The lowest BCUT2D eigenvalue weighted by molar-refractivity contribution is -0.140. The minimum absolute atomic E-state index is 0.0347. The molecule has 29 heavy (non-hydrogen) atoms. The number of nitrogens with zero attached hydrogens (tertiary/aromatic N) is 5. The Labute approximate surface area is 170 Å². The molecule has 2 bridgehead atoms. The molecule has 2 heterocycles. The number of rotatable bonds is 9. The van der Waals surface area contributed by atoms with Gasteiger partial charge >= 0.3 is 0 Å². The van der Waals surface area contributed by atoms with Gasteiger partial charge in [0, 0.05) is 33.2 Å². The van der Waals surface area contributed by atoms with E-state index in [1.54, 1.807) is 19.7 Å². The fourth-order valence-corrected chi connectivity index (χ4v) is 4.81. The number of likely N-dealkylation sites (tertiary alicyclic amines) is 1. The molecule has 4 unspecified atom stereocenters. The highest BCUT2D eigenvalue weighted by Crippen LogP contribution is 2.52. The van der Waals surface area contributed by atoms with Crippen molar-refractivity contribution in [1.29, 1.82) is 0 Å². The van der Waals surface area contributed by atoms with Gasteiger partial charge in [-0.1, -0.05) is 12.2 Å². The Morgan fingerprint density at radius 3 is 2.24 bits per heavy atom. The summed E-state index contributed by atoms with van der Waals surface area (Å²) in [6.45, 7) is 2.87. The third kappa shape index (κ3) is 4.04. The van der Waals surface area contributed by atoms with Crippen molar-refractivity contribution in [2.45, 2.75) is 32.2 Å². The Balaban J connectivity index is 1.12. The molecule has 4 rings (SSSR count). The van der Waals surface area contributed by atoms with E-state index in [2.05, 4.69) is 38.0 Å². The van der Waals surface area contributed by atoms with Crippen molar-refractivity contribution in [3.63, 3.8) is 0 Å². The second-order valence-electron chi connectivity index (χ2n) is 8.01. The van der Waals surface area contributed by atoms with Crippen LogP contribution in [0.5, 0.6) is 0 Å². The summed E-state index contributed by atoms with van der Waals surface area (Å²) >= 11 is 0. The zero-order chi connectivity index (χ0) is 20.2. The molecule has 2 N–H and O–H groups in total. The van der Waals surface area contributed by atoms with Crippen molar-refractivity contribution in [2.75, 3.05) is 26.7 Å². The van der Waals surface area contributed by atoms with Crippen LogP contribution in [0.15, 0.2) is 29.8 Å². The minimum atomic E-state index is -0.0991. The highest BCUT2D eigenvalue weighted by molar-refractivity contribution is 6.06. The fraction of sp³-hybridized carbons (Fsp3) is 0.650. The van der Waals surface area contributed by atoms with Gasteiger partial charge < -0.3 is 15.2 Å². The number of imide groups is 1. The quantitative estimate of drug-likeness (QED) is 0.205. The molecular formula is C20H29N7O2. The van der Waals surface area contributed by atoms with Gasteiger partial charge in [0.1, 0.15) is 12.7 Å². The molecule has 1 saturated heterocycles. The van der Waals surface area contributed by atoms with E-state index in [9.17, 15) is 9.59 Å². The number of fused-ring (bicyclic) bond motifs is 5. The molecule has 1 aromatic heterocycles. The van der Waals surface area contributed by atoms with E-state index in [1.165, 1.54) is 4.90 Å². The number of amides is 2. The number of aryl methyl sites for hydroxylation is 1. The van der Waals surface area contributed by atoms with Crippen molar-refractivity contribution in [2.24, 2.45) is 28.7 Å². The second kappa shape index (κ2) is 8.75. The average molecular weight is 399 g/mol. The van der Waals surface area contributed by atoms with Crippen LogP contribution >= 0.6 is 0 Å². The van der Waals surface area contributed by atoms with Gasteiger partial charge in [0.25, 0.3) is 0 Å². The molecule has 2 amide bonds. The Bertz CT molecular complexity index is 759. The molecule has 3 aliphatic rings. The summed E-state index contributed by atoms with van der Waals surface area (Å²) < 4.78 is 1.96. The molecule has 1 aliphatic heterocycles. The van der Waals surface area contributed by atoms with Crippen molar-refractivity contribution in [3.05, 3.63) is 24.8 Å². The molecule has 9 heteroatoms. The van der Waals surface area contributed by atoms with Crippen molar-refractivity contribution in [1.82, 2.24) is 30.3 Å². The third-order valence-electron chi connectivity index (χ3n) is 6.24. The normalized spacial score (nSPS) is 27.8.